The third-order valence-electron chi connectivity index (χ3n) is 0.543. The maximum absolute atomic E-state index is 5.22. The summed E-state index contributed by atoms with van der Waals surface area (Å²) in [5, 5.41) is 0. The smallest absolute Gasteiger partial charge is 0.159 e. The number of nitrogens with zero attached hydrogens (tertiary/aromatic N) is 2. The van der Waals surface area contributed by atoms with Gasteiger partial charge in [0.05, 0.1) is 4.91 Å². The number of hydrogen-bond acceptors (Lipinski definition) is 3. The molecule has 0 unspecified atom stereocenters. The van der Waals surface area contributed by atoms with Crippen LogP contribution in [0.5, 0.6) is 0 Å². The molecule has 34 valence electrons. The van der Waals surface area contributed by atoms with E-state index >= 15 is 0 Å². The highest BCUT2D eigenvalue weighted by molar-refractivity contribution is 7.14. The molecule has 1 aromatic rings. The highest BCUT2D eigenvalue weighted by Crippen LogP contribution is 1.84. The highest BCUT2D eigenvalue weighted by atomic mass is 32.1. The van der Waals surface area contributed by atoms with Gasteiger partial charge in [0.1, 0.15) is 5.82 Å². The van der Waals surface area contributed by atoms with Gasteiger partial charge in [-0.2, -0.15) is 4.37 Å². The fourth-order valence-electron chi connectivity index (χ4n) is 0.313. The first-order chi connectivity index (χ1) is 3.29. The molecular formula is C3H3BN2S. The average Bonchev–Trinajstić information content (AvgIpc) is 1.87. The van der Waals surface area contributed by atoms with Crippen molar-refractivity contribution in [2.75, 3.05) is 0 Å². The number of aromatic nitrogens is 2. The third kappa shape index (κ3) is 0.994. The fraction of sp³-hybridized carbons (Fsp3) is 0.333. The van der Waals surface area contributed by atoms with Crippen LogP contribution in [0.2, 0.25) is 0 Å². The molecule has 1 rings (SSSR count). The van der Waals surface area contributed by atoms with Crippen LogP contribution in [-0.4, -0.2) is 17.2 Å². The van der Waals surface area contributed by atoms with Gasteiger partial charge in [0.25, 0.3) is 0 Å². The standard InChI is InChI=1S/C3H3BN2S/c1-2-5-3(4)7-6-2/h1H3. The van der Waals surface area contributed by atoms with Gasteiger partial charge in [-0.25, -0.2) is 4.98 Å². The van der Waals surface area contributed by atoms with E-state index < -0.39 is 0 Å². The molecule has 0 amide bonds. The molecule has 7 heavy (non-hydrogen) atoms. The van der Waals surface area contributed by atoms with Crippen LogP contribution >= 0.6 is 11.5 Å². The second kappa shape index (κ2) is 1.62. The molecule has 2 radical (unpaired) electrons. The van der Waals surface area contributed by atoms with Gasteiger partial charge in [0.15, 0.2) is 7.85 Å². The molecule has 0 aliphatic rings. The maximum atomic E-state index is 5.22. The number of rotatable bonds is 0. The molecule has 1 heterocycles. The SMILES string of the molecule is [B]c1nc(C)ns1. The van der Waals surface area contributed by atoms with E-state index in [0.29, 0.717) is 4.91 Å². The summed E-state index contributed by atoms with van der Waals surface area (Å²) in [6.07, 6.45) is 0. The lowest BCUT2D eigenvalue weighted by atomic mass is 10.2. The largest absolute Gasteiger partial charge is 0.237 e. The van der Waals surface area contributed by atoms with Gasteiger partial charge in [-0.3, -0.25) is 0 Å². The van der Waals surface area contributed by atoms with Crippen molar-refractivity contribution in [3.8, 4) is 0 Å². The molecule has 1 aromatic heterocycles. The van der Waals surface area contributed by atoms with Gasteiger partial charge in [0.2, 0.25) is 0 Å². The number of aryl methyl sites for hydroxylation is 1. The van der Waals surface area contributed by atoms with E-state index in [2.05, 4.69) is 9.36 Å². The zero-order chi connectivity index (χ0) is 5.28. The summed E-state index contributed by atoms with van der Waals surface area (Å²) < 4.78 is 3.82. The molecule has 0 bridgehead atoms. The Labute approximate surface area is 47.2 Å². The summed E-state index contributed by atoms with van der Waals surface area (Å²) in [5.41, 5.74) is 0. The molecule has 0 spiro atoms. The van der Waals surface area contributed by atoms with E-state index in [1.165, 1.54) is 11.5 Å². The average molecular weight is 110 g/mol. The fourth-order valence-corrected chi connectivity index (χ4v) is 0.753. The van der Waals surface area contributed by atoms with Crippen LogP contribution < -0.4 is 4.91 Å². The summed E-state index contributed by atoms with van der Waals surface area (Å²) in [6.45, 7) is 1.81. The monoisotopic (exact) mass is 110 g/mol. The topological polar surface area (TPSA) is 25.8 Å². The Balaban J connectivity index is 3.04. The van der Waals surface area contributed by atoms with Gasteiger partial charge in [-0.15, -0.1) is 0 Å². The van der Waals surface area contributed by atoms with Crippen LogP contribution in [0, 0.1) is 6.92 Å². The second-order valence-corrected chi connectivity index (χ2v) is 1.96. The predicted octanol–water partition coefficient (Wildman–Crippen LogP) is -0.360. The molecular weight excluding hydrogens is 107 g/mol. The van der Waals surface area contributed by atoms with Crippen LogP contribution in [0.25, 0.3) is 0 Å². The Morgan fingerprint density at radius 3 is 2.57 bits per heavy atom. The van der Waals surface area contributed by atoms with Crippen molar-refractivity contribution in [3.63, 3.8) is 0 Å². The van der Waals surface area contributed by atoms with E-state index in [1.807, 2.05) is 6.92 Å². The highest BCUT2D eigenvalue weighted by Gasteiger charge is 1.87. The van der Waals surface area contributed by atoms with Crippen LogP contribution in [0.15, 0.2) is 0 Å². The molecule has 0 fully saturated rings. The Hall–Kier alpha value is -0.375. The first kappa shape index (κ1) is 4.78. The van der Waals surface area contributed by atoms with Gasteiger partial charge >= 0.3 is 0 Å². The molecule has 0 aromatic carbocycles. The van der Waals surface area contributed by atoms with Gasteiger partial charge < -0.3 is 0 Å². The van der Waals surface area contributed by atoms with Crippen molar-refractivity contribution in [2.45, 2.75) is 6.92 Å². The van der Waals surface area contributed by atoms with E-state index in [-0.39, 0.29) is 0 Å². The Morgan fingerprint density at radius 1 is 1.71 bits per heavy atom. The van der Waals surface area contributed by atoms with Gasteiger partial charge in [0, 0.05) is 0 Å². The quantitative estimate of drug-likeness (QED) is 0.426. The molecule has 0 atom stereocenters. The maximum Gasteiger partial charge on any atom is 0.159 e. The summed E-state index contributed by atoms with van der Waals surface area (Å²) in [4.78, 5) is 4.34. The predicted molar refractivity (Wildman–Crippen MR) is 30.0 cm³/mol. The lowest BCUT2D eigenvalue weighted by Crippen LogP contribution is -1.97. The normalized spacial score (nSPS) is 9.29. The summed E-state index contributed by atoms with van der Waals surface area (Å²) in [6, 6.07) is 0. The number of hydrogen-bond donors (Lipinski definition) is 0. The Kier molecular flexibility index (Phi) is 1.10. The molecule has 0 aliphatic carbocycles. The van der Waals surface area contributed by atoms with Crippen molar-refractivity contribution in [1.82, 2.24) is 9.36 Å². The second-order valence-electron chi connectivity index (χ2n) is 1.18. The van der Waals surface area contributed by atoms with Crippen molar-refractivity contribution in [1.29, 1.82) is 0 Å². The van der Waals surface area contributed by atoms with E-state index in [0.717, 1.165) is 5.82 Å². The van der Waals surface area contributed by atoms with Gasteiger partial charge in [-0.1, -0.05) is 0 Å². The zero-order valence-corrected chi connectivity index (χ0v) is 4.70. The molecule has 0 saturated carbocycles. The lowest BCUT2D eigenvalue weighted by molar-refractivity contribution is 1.18. The lowest BCUT2D eigenvalue weighted by Gasteiger charge is -1.68. The molecule has 0 aliphatic heterocycles. The van der Waals surface area contributed by atoms with Gasteiger partial charge in [-0.05, 0) is 18.5 Å². The van der Waals surface area contributed by atoms with Crippen LogP contribution in [0.4, 0.5) is 0 Å². The minimum atomic E-state index is 0.539. The summed E-state index contributed by atoms with van der Waals surface area (Å²) >= 11 is 1.22. The molecule has 2 nitrogen and oxygen atoms in total. The van der Waals surface area contributed by atoms with Crippen LogP contribution in [0.3, 0.4) is 0 Å². The van der Waals surface area contributed by atoms with Crippen molar-refractivity contribution >= 4 is 24.3 Å². The molecule has 0 N–H and O–H groups in total. The Bertz CT molecular complexity index is 145. The molecule has 4 heteroatoms. The zero-order valence-electron chi connectivity index (χ0n) is 3.88. The third-order valence-corrected chi connectivity index (χ3v) is 1.18. The first-order valence-electron chi connectivity index (χ1n) is 1.85. The van der Waals surface area contributed by atoms with E-state index in [9.17, 15) is 0 Å². The first-order valence-corrected chi connectivity index (χ1v) is 2.62. The van der Waals surface area contributed by atoms with Crippen LogP contribution in [0.1, 0.15) is 5.82 Å². The van der Waals surface area contributed by atoms with Crippen LogP contribution in [-0.2, 0) is 0 Å². The van der Waals surface area contributed by atoms with E-state index in [1.54, 1.807) is 0 Å². The Morgan fingerprint density at radius 2 is 2.43 bits per heavy atom. The summed E-state index contributed by atoms with van der Waals surface area (Å²) in [5.74, 6) is 0.752. The van der Waals surface area contributed by atoms with Crippen molar-refractivity contribution in [3.05, 3.63) is 5.82 Å². The minimum absolute atomic E-state index is 0.539. The molecule has 0 saturated heterocycles. The van der Waals surface area contributed by atoms with E-state index in [4.69, 9.17) is 7.85 Å². The summed E-state index contributed by atoms with van der Waals surface area (Å²) in [7, 11) is 5.22. The minimum Gasteiger partial charge on any atom is -0.237 e. The van der Waals surface area contributed by atoms with Crippen molar-refractivity contribution in [2.24, 2.45) is 0 Å². The van der Waals surface area contributed by atoms with Crippen molar-refractivity contribution < 1.29 is 0 Å².